The van der Waals surface area contributed by atoms with Gasteiger partial charge in [-0.2, -0.15) is 5.10 Å². The van der Waals surface area contributed by atoms with Gasteiger partial charge in [0.2, 0.25) is 0 Å². The van der Waals surface area contributed by atoms with E-state index >= 15 is 0 Å². The van der Waals surface area contributed by atoms with E-state index in [0.717, 1.165) is 25.2 Å². The second-order valence-electron chi connectivity index (χ2n) is 4.18. The third-order valence-electron chi connectivity index (χ3n) is 2.67. The third kappa shape index (κ3) is 4.85. The number of rotatable bonds is 8. The fourth-order valence-electron chi connectivity index (χ4n) is 1.63. The first-order chi connectivity index (χ1) is 8.17. The second kappa shape index (κ2) is 7.42. The molecule has 1 rings (SSSR count). The van der Waals surface area contributed by atoms with Crippen LogP contribution in [-0.2, 0) is 24.8 Å². The van der Waals surface area contributed by atoms with Crippen LogP contribution in [0.2, 0.25) is 0 Å². The fraction of sp³-hybridized carbons (Fsp3) is 0.750. The molecule has 1 heterocycles. The van der Waals surface area contributed by atoms with Crippen molar-refractivity contribution in [1.82, 2.24) is 14.7 Å². The minimum Gasteiger partial charge on any atom is -0.394 e. The van der Waals surface area contributed by atoms with Gasteiger partial charge in [-0.25, -0.2) is 0 Å². The first-order valence-electron chi connectivity index (χ1n) is 6.06. The number of aromatic nitrogens is 2. The van der Waals surface area contributed by atoms with Crippen molar-refractivity contribution >= 4 is 0 Å². The van der Waals surface area contributed by atoms with Crippen LogP contribution in [0.15, 0.2) is 6.07 Å². The van der Waals surface area contributed by atoms with Gasteiger partial charge in [-0.05, 0) is 19.5 Å². The summed E-state index contributed by atoms with van der Waals surface area (Å²) in [5.41, 5.74) is 2.35. The van der Waals surface area contributed by atoms with Gasteiger partial charge in [0.1, 0.15) is 0 Å². The lowest BCUT2D eigenvalue weighted by atomic mass is 10.3. The minimum absolute atomic E-state index is 0.0886. The molecule has 0 spiro atoms. The number of aliphatic hydroxyl groups is 1. The summed E-state index contributed by atoms with van der Waals surface area (Å²) in [4.78, 5) is 2.19. The number of hydrogen-bond donors (Lipinski definition) is 1. The number of likely N-dealkylation sites (N-methyl/N-ethyl adjacent to an activating group) is 1. The van der Waals surface area contributed by atoms with E-state index in [2.05, 4.69) is 30.0 Å². The average molecular weight is 241 g/mol. The maximum atomic E-state index is 8.58. The predicted molar refractivity (Wildman–Crippen MR) is 66.8 cm³/mol. The summed E-state index contributed by atoms with van der Waals surface area (Å²) in [7, 11) is 4.03. The van der Waals surface area contributed by atoms with Crippen LogP contribution in [0.5, 0.6) is 0 Å². The van der Waals surface area contributed by atoms with Crippen LogP contribution in [0.1, 0.15) is 18.3 Å². The SMILES string of the molecule is CCc1cc(CN(C)CCOCCO)n(C)n1. The monoisotopic (exact) mass is 241 g/mol. The van der Waals surface area contributed by atoms with Crippen LogP contribution in [0.4, 0.5) is 0 Å². The lowest BCUT2D eigenvalue weighted by molar-refractivity contribution is 0.0769. The molecule has 0 atom stereocenters. The van der Waals surface area contributed by atoms with Crippen LogP contribution in [0.25, 0.3) is 0 Å². The Hall–Kier alpha value is -0.910. The molecule has 0 aliphatic heterocycles. The molecule has 1 N–H and O–H groups in total. The minimum atomic E-state index is 0.0886. The zero-order valence-electron chi connectivity index (χ0n) is 11.0. The number of aliphatic hydroxyl groups excluding tert-OH is 1. The molecule has 0 radical (unpaired) electrons. The largest absolute Gasteiger partial charge is 0.394 e. The molecule has 0 saturated carbocycles. The average Bonchev–Trinajstić information content (AvgIpc) is 2.66. The van der Waals surface area contributed by atoms with Crippen molar-refractivity contribution in [3.8, 4) is 0 Å². The zero-order valence-corrected chi connectivity index (χ0v) is 11.0. The van der Waals surface area contributed by atoms with Crippen LogP contribution >= 0.6 is 0 Å². The Morgan fingerprint density at radius 2 is 2.24 bits per heavy atom. The van der Waals surface area contributed by atoms with Crippen molar-refractivity contribution < 1.29 is 9.84 Å². The second-order valence-corrected chi connectivity index (χ2v) is 4.18. The van der Waals surface area contributed by atoms with Crippen molar-refractivity contribution in [3.63, 3.8) is 0 Å². The number of ether oxygens (including phenoxy) is 1. The maximum Gasteiger partial charge on any atom is 0.0698 e. The van der Waals surface area contributed by atoms with E-state index in [9.17, 15) is 0 Å². The van der Waals surface area contributed by atoms with Crippen molar-refractivity contribution in [2.75, 3.05) is 33.4 Å². The molecule has 0 amide bonds. The van der Waals surface area contributed by atoms with Crippen LogP contribution in [0, 0.1) is 0 Å². The summed E-state index contributed by atoms with van der Waals surface area (Å²) in [6, 6.07) is 2.14. The first kappa shape index (κ1) is 14.2. The van der Waals surface area contributed by atoms with E-state index in [1.54, 1.807) is 0 Å². The highest BCUT2D eigenvalue weighted by Gasteiger charge is 2.06. The Morgan fingerprint density at radius 1 is 1.47 bits per heavy atom. The summed E-state index contributed by atoms with van der Waals surface area (Å²) < 4.78 is 7.17. The molecule has 5 heteroatoms. The van der Waals surface area contributed by atoms with Gasteiger partial charge in [-0.3, -0.25) is 9.58 Å². The van der Waals surface area contributed by atoms with E-state index in [1.807, 2.05) is 11.7 Å². The van der Waals surface area contributed by atoms with Crippen molar-refractivity contribution in [2.24, 2.45) is 7.05 Å². The van der Waals surface area contributed by atoms with E-state index < -0.39 is 0 Å². The number of aryl methyl sites for hydroxylation is 2. The Morgan fingerprint density at radius 3 is 2.82 bits per heavy atom. The van der Waals surface area contributed by atoms with Gasteiger partial charge in [0.15, 0.2) is 0 Å². The highest BCUT2D eigenvalue weighted by atomic mass is 16.5. The Kier molecular flexibility index (Phi) is 6.18. The van der Waals surface area contributed by atoms with E-state index in [4.69, 9.17) is 9.84 Å². The van der Waals surface area contributed by atoms with E-state index in [0.29, 0.717) is 13.2 Å². The quantitative estimate of drug-likeness (QED) is 0.670. The maximum absolute atomic E-state index is 8.58. The molecule has 0 fully saturated rings. The molecular weight excluding hydrogens is 218 g/mol. The van der Waals surface area contributed by atoms with Crippen molar-refractivity contribution in [2.45, 2.75) is 19.9 Å². The topological polar surface area (TPSA) is 50.5 Å². The summed E-state index contributed by atoms with van der Waals surface area (Å²) in [5.74, 6) is 0. The lowest BCUT2D eigenvalue weighted by Crippen LogP contribution is -2.24. The number of hydrogen-bond acceptors (Lipinski definition) is 4. The molecule has 5 nitrogen and oxygen atoms in total. The van der Waals surface area contributed by atoms with Crippen molar-refractivity contribution in [3.05, 3.63) is 17.5 Å². The molecule has 17 heavy (non-hydrogen) atoms. The van der Waals surface area contributed by atoms with E-state index in [-0.39, 0.29) is 6.61 Å². The molecule has 0 unspecified atom stereocenters. The first-order valence-corrected chi connectivity index (χ1v) is 6.06. The number of nitrogens with zero attached hydrogens (tertiary/aromatic N) is 3. The molecule has 0 aliphatic carbocycles. The van der Waals surface area contributed by atoms with Gasteiger partial charge in [-0.15, -0.1) is 0 Å². The Balaban J connectivity index is 2.34. The zero-order chi connectivity index (χ0) is 12.7. The van der Waals surface area contributed by atoms with E-state index in [1.165, 1.54) is 5.69 Å². The summed E-state index contributed by atoms with van der Waals surface area (Å²) in [5, 5.41) is 13.0. The summed E-state index contributed by atoms with van der Waals surface area (Å²) in [6.45, 7) is 4.98. The van der Waals surface area contributed by atoms with Gasteiger partial charge in [0.05, 0.1) is 31.2 Å². The highest BCUT2D eigenvalue weighted by Crippen LogP contribution is 2.06. The van der Waals surface area contributed by atoms with Gasteiger partial charge in [0.25, 0.3) is 0 Å². The van der Waals surface area contributed by atoms with Gasteiger partial charge in [-0.1, -0.05) is 6.92 Å². The van der Waals surface area contributed by atoms with Crippen molar-refractivity contribution in [1.29, 1.82) is 0 Å². The van der Waals surface area contributed by atoms with Gasteiger partial charge >= 0.3 is 0 Å². The fourth-order valence-corrected chi connectivity index (χ4v) is 1.63. The molecule has 0 bridgehead atoms. The highest BCUT2D eigenvalue weighted by molar-refractivity contribution is 5.09. The lowest BCUT2D eigenvalue weighted by Gasteiger charge is -2.16. The van der Waals surface area contributed by atoms with Gasteiger partial charge in [0, 0.05) is 20.1 Å². The summed E-state index contributed by atoms with van der Waals surface area (Å²) in [6.07, 6.45) is 0.969. The predicted octanol–water partition coefficient (Wildman–Crippen LogP) is 0.423. The Bertz CT molecular complexity index is 326. The molecule has 0 saturated heterocycles. The normalized spacial score (nSPS) is 11.4. The molecule has 0 aromatic carbocycles. The molecular formula is C12H23N3O2. The summed E-state index contributed by atoms with van der Waals surface area (Å²) >= 11 is 0. The third-order valence-corrected chi connectivity index (χ3v) is 2.67. The molecule has 1 aromatic heterocycles. The standard InChI is InChI=1S/C12H23N3O2/c1-4-11-9-12(15(3)13-11)10-14(2)5-7-17-8-6-16/h9,16H,4-8,10H2,1-3H3. The van der Waals surface area contributed by atoms with Gasteiger partial charge < -0.3 is 9.84 Å². The smallest absolute Gasteiger partial charge is 0.0698 e. The molecule has 98 valence electrons. The molecule has 0 aliphatic rings. The Labute approximate surface area is 103 Å². The van der Waals surface area contributed by atoms with Crippen LogP contribution < -0.4 is 0 Å². The molecule has 1 aromatic rings. The van der Waals surface area contributed by atoms with Crippen LogP contribution in [0.3, 0.4) is 0 Å². The van der Waals surface area contributed by atoms with Crippen LogP contribution in [-0.4, -0.2) is 53.2 Å².